The summed E-state index contributed by atoms with van der Waals surface area (Å²) >= 11 is 0. The number of pyridine rings is 1. The second-order valence-corrected chi connectivity index (χ2v) is 14.8. The summed E-state index contributed by atoms with van der Waals surface area (Å²) in [5.41, 5.74) is -4.52. The number of aryl methyl sites for hydroxylation is 1. The number of hydrogen-bond donors (Lipinski definition) is 1. The monoisotopic (exact) mass is 660 g/mol. The van der Waals surface area contributed by atoms with Gasteiger partial charge >= 0.3 is 21.7 Å². The van der Waals surface area contributed by atoms with Gasteiger partial charge in [-0.05, 0) is 88.8 Å². The zero-order valence-corrected chi connectivity index (χ0v) is 26.7. The van der Waals surface area contributed by atoms with Crippen molar-refractivity contribution in [1.29, 1.82) is 0 Å². The fraction of sp³-hybridized carbons (Fsp3) is 0.469. The number of benzene rings is 2. The molecule has 2 aromatic carbocycles. The van der Waals surface area contributed by atoms with Gasteiger partial charge in [0, 0.05) is 42.0 Å². The van der Waals surface area contributed by atoms with Crippen LogP contribution in [0.4, 0.5) is 23.7 Å². The lowest BCUT2D eigenvalue weighted by atomic mass is 9.97. The molecule has 14 heteroatoms. The van der Waals surface area contributed by atoms with E-state index in [9.17, 15) is 31.2 Å². The van der Waals surface area contributed by atoms with Gasteiger partial charge in [0.05, 0.1) is 23.1 Å². The molecule has 10 nitrogen and oxygen atoms in total. The van der Waals surface area contributed by atoms with Crippen molar-refractivity contribution >= 4 is 38.7 Å². The van der Waals surface area contributed by atoms with Crippen LogP contribution in [-0.4, -0.2) is 66.6 Å². The van der Waals surface area contributed by atoms with E-state index in [-0.39, 0.29) is 29.6 Å². The quantitative estimate of drug-likeness (QED) is 0.261. The Kier molecular flexibility index (Phi) is 7.65. The fourth-order valence-corrected chi connectivity index (χ4v) is 6.87. The van der Waals surface area contributed by atoms with Gasteiger partial charge in [-0.3, -0.25) is 14.7 Å². The molecule has 3 heterocycles. The summed E-state index contributed by atoms with van der Waals surface area (Å²) in [6, 6.07) is 11.3. The average molecular weight is 661 g/mol. The molecule has 2 saturated heterocycles. The Morgan fingerprint density at radius 1 is 1.02 bits per heavy atom. The maximum Gasteiger partial charge on any atom is 0.534 e. The van der Waals surface area contributed by atoms with Crippen molar-refractivity contribution in [3.8, 4) is 5.75 Å². The predicted octanol–water partition coefficient (Wildman–Crippen LogP) is 5.78. The molecule has 2 aliphatic heterocycles. The lowest BCUT2D eigenvalue weighted by Crippen LogP contribution is -2.56. The molecular weight excluding hydrogens is 625 g/mol. The number of fused-ring (bicyclic) bond motifs is 3. The number of nitrogens with zero attached hydrogens (tertiary/aromatic N) is 3. The van der Waals surface area contributed by atoms with Gasteiger partial charge in [0.25, 0.3) is 5.91 Å². The van der Waals surface area contributed by atoms with Gasteiger partial charge in [0.1, 0.15) is 11.4 Å². The highest BCUT2D eigenvalue weighted by atomic mass is 32.2. The van der Waals surface area contributed by atoms with Gasteiger partial charge < -0.3 is 19.1 Å². The van der Waals surface area contributed by atoms with Crippen LogP contribution in [0.2, 0.25) is 0 Å². The molecular formula is C32H35F3N4O6S. The minimum Gasteiger partial charge on any atom is -0.444 e. The third kappa shape index (κ3) is 6.06. The van der Waals surface area contributed by atoms with Gasteiger partial charge in [-0.15, -0.1) is 0 Å². The number of anilines is 1. The van der Waals surface area contributed by atoms with Crippen molar-refractivity contribution in [2.45, 2.75) is 82.1 Å². The molecule has 246 valence electrons. The van der Waals surface area contributed by atoms with E-state index in [1.54, 1.807) is 12.1 Å². The van der Waals surface area contributed by atoms with Crippen molar-refractivity contribution in [1.82, 2.24) is 15.2 Å². The molecule has 3 aromatic rings. The topological polar surface area (TPSA) is 118 Å². The number of carbonyl (C=O) groups is 2. The van der Waals surface area contributed by atoms with Crippen LogP contribution in [0.5, 0.6) is 5.75 Å². The van der Waals surface area contributed by atoms with Crippen molar-refractivity contribution in [3.05, 3.63) is 65.4 Å². The predicted molar refractivity (Wildman–Crippen MR) is 164 cm³/mol. The van der Waals surface area contributed by atoms with Gasteiger partial charge in [-0.2, -0.15) is 21.6 Å². The standard InChI is InChI=1S/C32H35F3N4O6S/c1-19-7-8-20(38-17-21-9-10-22(18-38)39(21)29(41)44-30(2,3)4)14-25(19)28(40)37-31(11-12-31)26-15-23(45-46(42,43)32(33,34)35)16-27-24(26)6-5-13-36-27/h5-8,13-16,21-22H,9-12,17-18H2,1-4H3,(H,37,40). The molecule has 0 radical (unpaired) electrons. The molecule has 6 rings (SSSR count). The van der Waals surface area contributed by atoms with Crippen LogP contribution in [0, 0.1) is 6.92 Å². The van der Waals surface area contributed by atoms with Crippen LogP contribution < -0.4 is 14.4 Å². The second-order valence-electron chi connectivity index (χ2n) is 13.2. The number of halogens is 3. The van der Waals surface area contributed by atoms with Gasteiger partial charge in [0.2, 0.25) is 0 Å². The van der Waals surface area contributed by atoms with Crippen LogP contribution in [0.15, 0.2) is 48.7 Å². The first-order valence-corrected chi connectivity index (χ1v) is 16.5. The lowest BCUT2D eigenvalue weighted by Gasteiger charge is -2.42. The lowest BCUT2D eigenvalue weighted by molar-refractivity contribution is -0.0500. The first-order chi connectivity index (χ1) is 21.5. The highest BCUT2D eigenvalue weighted by molar-refractivity contribution is 7.88. The van der Waals surface area contributed by atoms with Crippen LogP contribution in [0.25, 0.3) is 10.9 Å². The number of nitrogens with one attached hydrogen (secondary N) is 1. The molecule has 2 unspecified atom stereocenters. The van der Waals surface area contributed by atoms with E-state index in [4.69, 9.17) is 4.74 Å². The van der Waals surface area contributed by atoms with Crippen LogP contribution in [0.1, 0.15) is 67.9 Å². The summed E-state index contributed by atoms with van der Waals surface area (Å²) in [5.74, 6) is -0.920. The minimum atomic E-state index is -5.92. The molecule has 1 N–H and O–H groups in total. The van der Waals surface area contributed by atoms with E-state index in [1.165, 1.54) is 12.3 Å². The molecule has 1 aromatic heterocycles. The maximum absolute atomic E-state index is 13.8. The minimum absolute atomic E-state index is 0.0144. The van der Waals surface area contributed by atoms with E-state index >= 15 is 0 Å². The van der Waals surface area contributed by atoms with Gasteiger partial charge in [0.15, 0.2) is 0 Å². The van der Waals surface area contributed by atoms with Crippen molar-refractivity contribution in [2.24, 2.45) is 0 Å². The number of amides is 2. The Morgan fingerprint density at radius 2 is 1.70 bits per heavy atom. The number of rotatable bonds is 6. The number of ether oxygens (including phenoxy) is 1. The third-order valence-corrected chi connectivity index (χ3v) is 9.70. The Balaban J connectivity index is 1.25. The zero-order chi connectivity index (χ0) is 33.2. The molecule has 2 atom stereocenters. The Labute approximate surface area is 265 Å². The van der Waals surface area contributed by atoms with E-state index in [2.05, 4.69) is 19.4 Å². The van der Waals surface area contributed by atoms with Crippen molar-refractivity contribution in [3.63, 3.8) is 0 Å². The molecule has 2 bridgehead atoms. The summed E-state index contributed by atoms with van der Waals surface area (Å²) in [7, 11) is -5.92. The highest BCUT2D eigenvalue weighted by Gasteiger charge is 2.50. The number of carbonyl (C=O) groups excluding carboxylic acids is 2. The van der Waals surface area contributed by atoms with Crippen molar-refractivity contribution in [2.75, 3.05) is 18.0 Å². The molecule has 2 amide bonds. The Morgan fingerprint density at radius 3 is 2.30 bits per heavy atom. The fourth-order valence-electron chi connectivity index (χ4n) is 6.42. The first-order valence-electron chi connectivity index (χ1n) is 15.1. The molecule has 1 aliphatic carbocycles. The molecule has 46 heavy (non-hydrogen) atoms. The Bertz CT molecular complexity index is 1810. The molecule has 3 fully saturated rings. The first kappa shape index (κ1) is 31.9. The largest absolute Gasteiger partial charge is 0.534 e. The molecule has 1 saturated carbocycles. The number of hydrogen-bond acceptors (Lipinski definition) is 8. The summed E-state index contributed by atoms with van der Waals surface area (Å²) < 4.78 is 72.9. The number of alkyl halides is 3. The van der Waals surface area contributed by atoms with Gasteiger partial charge in [-0.1, -0.05) is 12.1 Å². The highest BCUT2D eigenvalue weighted by Crippen LogP contribution is 2.49. The van der Waals surface area contributed by atoms with Crippen LogP contribution in [-0.2, 0) is 20.4 Å². The Hall–Kier alpha value is -4.07. The third-order valence-electron chi connectivity index (χ3n) is 8.72. The summed E-state index contributed by atoms with van der Waals surface area (Å²) in [6.45, 7) is 8.53. The maximum atomic E-state index is 13.8. The van der Waals surface area contributed by atoms with Crippen molar-refractivity contribution < 1.29 is 40.1 Å². The van der Waals surface area contributed by atoms with Crippen LogP contribution >= 0.6 is 0 Å². The van der Waals surface area contributed by atoms with E-state index in [0.717, 1.165) is 30.2 Å². The van der Waals surface area contributed by atoms with E-state index in [1.807, 2.05) is 50.8 Å². The summed E-state index contributed by atoms with van der Waals surface area (Å²) in [5, 5.41) is 3.63. The molecule has 3 aliphatic rings. The molecule has 0 spiro atoms. The SMILES string of the molecule is Cc1ccc(N2CC3CCC(C2)N3C(=O)OC(C)(C)C)cc1C(=O)NC1(c2cc(OS(=O)(=O)C(F)(F)F)cc3ncccc23)CC1. The average Bonchev–Trinajstić information content (AvgIpc) is 3.68. The smallest absolute Gasteiger partial charge is 0.444 e. The van der Waals surface area contributed by atoms with E-state index < -0.39 is 32.5 Å². The number of aromatic nitrogens is 1. The van der Waals surface area contributed by atoms with Crippen LogP contribution in [0.3, 0.4) is 0 Å². The summed E-state index contributed by atoms with van der Waals surface area (Å²) in [4.78, 5) is 35.0. The second kappa shape index (κ2) is 11.0. The normalized spacial score (nSPS) is 20.8. The van der Waals surface area contributed by atoms with E-state index in [0.29, 0.717) is 42.4 Å². The zero-order valence-electron chi connectivity index (χ0n) is 25.8. The summed E-state index contributed by atoms with van der Waals surface area (Å²) in [6.07, 6.45) is 3.79. The van der Waals surface area contributed by atoms with Gasteiger partial charge in [-0.25, -0.2) is 4.79 Å². The number of piperazine rings is 1.